The second-order valence-corrected chi connectivity index (χ2v) is 5.26. The summed E-state index contributed by atoms with van der Waals surface area (Å²) in [5.74, 6) is -1.95. The third-order valence-corrected chi connectivity index (χ3v) is 3.93. The number of carbonyl (C=O) groups is 1. The number of nitrogens with one attached hydrogen (secondary N) is 1. The van der Waals surface area contributed by atoms with Crippen LogP contribution in [0.25, 0.3) is 0 Å². The van der Waals surface area contributed by atoms with Crippen LogP contribution in [0.5, 0.6) is 5.75 Å². The van der Waals surface area contributed by atoms with Crippen molar-refractivity contribution in [2.45, 2.75) is 18.6 Å². The van der Waals surface area contributed by atoms with Crippen LogP contribution in [-0.2, 0) is 11.0 Å². The van der Waals surface area contributed by atoms with Gasteiger partial charge in [0.1, 0.15) is 0 Å². The molecular formula is C14H14F4N2O2. The molecule has 1 amide bonds. The fourth-order valence-corrected chi connectivity index (χ4v) is 2.90. The Labute approximate surface area is 124 Å². The second-order valence-electron chi connectivity index (χ2n) is 5.26. The summed E-state index contributed by atoms with van der Waals surface area (Å²) in [6, 6.07) is 1.47. The third kappa shape index (κ3) is 2.51. The number of halogens is 4. The summed E-state index contributed by atoms with van der Waals surface area (Å²) in [5, 5.41) is 2.92. The van der Waals surface area contributed by atoms with Gasteiger partial charge in [0.05, 0.1) is 24.8 Å². The molecule has 0 aromatic heterocycles. The SMILES string of the molecule is O=C1CNCCN1C1CCOc2c1ccc(C(F)(F)F)c2F. The number of carbonyl (C=O) groups excluding carboxylic acids is 1. The Balaban J connectivity index is 2.00. The minimum absolute atomic E-state index is 0.0765. The second kappa shape index (κ2) is 5.42. The highest BCUT2D eigenvalue weighted by Gasteiger charge is 2.39. The smallest absolute Gasteiger partial charge is 0.419 e. The number of benzene rings is 1. The fraction of sp³-hybridized carbons (Fsp3) is 0.500. The van der Waals surface area contributed by atoms with Gasteiger partial charge in [-0.05, 0) is 6.07 Å². The zero-order chi connectivity index (χ0) is 15.9. The summed E-state index contributed by atoms with van der Waals surface area (Å²) in [7, 11) is 0. The van der Waals surface area contributed by atoms with Crippen LogP contribution in [0.2, 0.25) is 0 Å². The van der Waals surface area contributed by atoms with E-state index in [1.807, 2.05) is 0 Å². The maximum absolute atomic E-state index is 14.1. The lowest BCUT2D eigenvalue weighted by Gasteiger charge is -2.38. The average molecular weight is 318 g/mol. The Kier molecular flexibility index (Phi) is 3.72. The predicted molar refractivity (Wildman–Crippen MR) is 68.8 cm³/mol. The highest BCUT2D eigenvalue weighted by molar-refractivity contribution is 5.79. The molecule has 1 atom stereocenters. The van der Waals surface area contributed by atoms with E-state index in [0.717, 1.165) is 0 Å². The van der Waals surface area contributed by atoms with Gasteiger partial charge in [-0.25, -0.2) is 4.39 Å². The van der Waals surface area contributed by atoms with E-state index < -0.39 is 29.3 Å². The van der Waals surface area contributed by atoms with Gasteiger partial charge in [-0.3, -0.25) is 4.79 Å². The monoisotopic (exact) mass is 318 g/mol. The summed E-state index contributed by atoms with van der Waals surface area (Å²) < 4.78 is 57.5. The minimum Gasteiger partial charge on any atom is -0.490 e. The Bertz CT molecular complexity index is 603. The maximum Gasteiger partial charge on any atom is 0.419 e. The molecule has 8 heteroatoms. The molecule has 1 N–H and O–H groups in total. The molecular weight excluding hydrogens is 304 g/mol. The van der Waals surface area contributed by atoms with Crippen molar-refractivity contribution in [3.05, 3.63) is 29.1 Å². The first-order chi connectivity index (χ1) is 10.4. The van der Waals surface area contributed by atoms with E-state index in [1.54, 1.807) is 4.90 Å². The Hall–Kier alpha value is -1.83. The van der Waals surface area contributed by atoms with Gasteiger partial charge in [0, 0.05) is 25.1 Å². The third-order valence-electron chi connectivity index (χ3n) is 3.93. The molecule has 22 heavy (non-hydrogen) atoms. The lowest BCUT2D eigenvalue weighted by atomic mass is 9.96. The van der Waals surface area contributed by atoms with Gasteiger partial charge < -0.3 is 15.0 Å². The van der Waals surface area contributed by atoms with Crippen molar-refractivity contribution in [2.75, 3.05) is 26.2 Å². The first-order valence-corrected chi connectivity index (χ1v) is 6.92. The molecule has 1 unspecified atom stereocenters. The Morgan fingerprint density at radius 2 is 2.09 bits per heavy atom. The lowest BCUT2D eigenvalue weighted by Crippen LogP contribution is -2.50. The number of hydrogen-bond donors (Lipinski definition) is 1. The molecule has 0 spiro atoms. The van der Waals surface area contributed by atoms with Crippen molar-refractivity contribution in [2.24, 2.45) is 0 Å². The van der Waals surface area contributed by atoms with E-state index in [-0.39, 0.29) is 19.1 Å². The zero-order valence-corrected chi connectivity index (χ0v) is 11.5. The van der Waals surface area contributed by atoms with Gasteiger partial charge in [0.2, 0.25) is 5.91 Å². The normalized spacial score (nSPS) is 22.3. The minimum atomic E-state index is -4.78. The quantitative estimate of drug-likeness (QED) is 0.806. The van der Waals surface area contributed by atoms with Crippen LogP contribution in [0, 0.1) is 5.82 Å². The van der Waals surface area contributed by atoms with Gasteiger partial charge in [-0.1, -0.05) is 6.07 Å². The van der Waals surface area contributed by atoms with Crippen molar-refractivity contribution < 1.29 is 27.1 Å². The van der Waals surface area contributed by atoms with Crippen molar-refractivity contribution in [3.8, 4) is 5.75 Å². The molecule has 1 aromatic rings. The maximum atomic E-state index is 14.1. The predicted octanol–water partition coefficient (Wildman–Crippen LogP) is 2.10. The van der Waals surface area contributed by atoms with Crippen LogP contribution in [-0.4, -0.2) is 37.0 Å². The van der Waals surface area contributed by atoms with Crippen LogP contribution in [0.15, 0.2) is 12.1 Å². The number of hydrogen-bond acceptors (Lipinski definition) is 3. The molecule has 2 aliphatic heterocycles. The number of fused-ring (bicyclic) bond motifs is 1. The Morgan fingerprint density at radius 1 is 1.32 bits per heavy atom. The molecule has 2 aliphatic rings. The molecule has 4 nitrogen and oxygen atoms in total. The molecule has 1 aromatic carbocycles. The van der Waals surface area contributed by atoms with Crippen molar-refractivity contribution in [1.82, 2.24) is 10.2 Å². The Morgan fingerprint density at radius 3 is 2.77 bits per heavy atom. The van der Waals surface area contributed by atoms with E-state index >= 15 is 0 Å². The molecule has 1 saturated heterocycles. The van der Waals surface area contributed by atoms with Crippen molar-refractivity contribution in [1.29, 1.82) is 0 Å². The largest absolute Gasteiger partial charge is 0.490 e. The first kappa shape index (κ1) is 15.1. The van der Waals surface area contributed by atoms with Crippen molar-refractivity contribution >= 4 is 5.91 Å². The number of rotatable bonds is 1. The molecule has 3 rings (SSSR count). The standard InChI is InChI=1S/C14H14F4N2O2/c15-12-9(14(16,17)18)2-1-8-10(3-6-22-13(8)12)20-5-4-19-7-11(20)21/h1-2,10,19H,3-7H2. The topological polar surface area (TPSA) is 41.6 Å². The summed E-state index contributed by atoms with van der Waals surface area (Å²) >= 11 is 0. The molecule has 0 radical (unpaired) electrons. The lowest BCUT2D eigenvalue weighted by molar-refractivity contribution is -0.140. The number of ether oxygens (including phenoxy) is 1. The average Bonchev–Trinajstić information content (AvgIpc) is 2.46. The summed E-state index contributed by atoms with van der Waals surface area (Å²) in [6.07, 6.45) is -4.34. The number of alkyl halides is 3. The highest BCUT2D eigenvalue weighted by atomic mass is 19.4. The van der Waals surface area contributed by atoms with Crippen LogP contribution in [0.1, 0.15) is 23.6 Å². The number of nitrogens with zero attached hydrogens (tertiary/aromatic N) is 1. The van der Waals surface area contributed by atoms with Gasteiger partial charge in [-0.2, -0.15) is 13.2 Å². The zero-order valence-electron chi connectivity index (χ0n) is 11.5. The molecule has 0 aliphatic carbocycles. The molecule has 0 bridgehead atoms. The number of piperazine rings is 1. The number of amides is 1. The highest BCUT2D eigenvalue weighted by Crippen LogP contribution is 2.42. The van der Waals surface area contributed by atoms with Crippen LogP contribution in [0.3, 0.4) is 0 Å². The van der Waals surface area contributed by atoms with E-state index in [2.05, 4.69) is 5.32 Å². The summed E-state index contributed by atoms with van der Waals surface area (Å²) in [6.45, 7) is 1.29. The summed E-state index contributed by atoms with van der Waals surface area (Å²) in [4.78, 5) is 13.5. The van der Waals surface area contributed by atoms with Crippen LogP contribution >= 0.6 is 0 Å². The van der Waals surface area contributed by atoms with Gasteiger partial charge in [0.15, 0.2) is 11.6 Å². The van der Waals surface area contributed by atoms with Crippen LogP contribution < -0.4 is 10.1 Å². The molecule has 0 saturated carbocycles. The van der Waals surface area contributed by atoms with Crippen molar-refractivity contribution in [3.63, 3.8) is 0 Å². The van der Waals surface area contributed by atoms with Crippen LogP contribution in [0.4, 0.5) is 17.6 Å². The first-order valence-electron chi connectivity index (χ1n) is 6.92. The van der Waals surface area contributed by atoms with Gasteiger partial charge >= 0.3 is 6.18 Å². The molecule has 120 valence electrons. The van der Waals surface area contributed by atoms with Gasteiger partial charge in [-0.15, -0.1) is 0 Å². The van der Waals surface area contributed by atoms with E-state index in [4.69, 9.17) is 4.74 Å². The van der Waals surface area contributed by atoms with E-state index in [0.29, 0.717) is 31.1 Å². The molecule has 2 heterocycles. The van der Waals surface area contributed by atoms with Gasteiger partial charge in [0.25, 0.3) is 0 Å². The fourth-order valence-electron chi connectivity index (χ4n) is 2.90. The van der Waals surface area contributed by atoms with E-state index in [1.165, 1.54) is 6.07 Å². The van der Waals surface area contributed by atoms with E-state index in [9.17, 15) is 22.4 Å². The summed E-state index contributed by atoms with van der Waals surface area (Å²) in [5.41, 5.74) is -1.05. The molecule has 1 fully saturated rings.